The Morgan fingerprint density at radius 1 is 0.791 bits per heavy atom. The average Bonchev–Trinajstić information content (AvgIpc) is 3.31. The fourth-order valence-corrected chi connectivity index (χ4v) is 6.80. The first-order valence-electron chi connectivity index (χ1n) is 15.8. The second kappa shape index (κ2) is 14.2. The lowest BCUT2D eigenvalue weighted by Gasteiger charge is -2.40. The number of Topliss-reactive ketones (excluding diaryl/α,β-unsaturated/α-hetero) is 1. The number of rotatable bonds is 10. The number of hydrogen-bond acceptors (Lipinski definition) is 3. The number of carbonyl (C=O) groups excluding carboxylic acids is 1. The minimum atomic E-state index is -0.504. The van der Waals surface area contributed by atoms with E-state index in [4.69, 9.17) is 4.74 Å². The lowest BCUT2D eigenvalue weighted by Crippen LogP contribution is -2.47. The van der Waals surface area contributed by atoms with Crippen molar-refractivity contribution < 1.29 is 14.6 Å². The van der Waals surface area contributed by atoms with E-state index in [1.54, 1.807) is 0 Å². The van der Waals surface area contributed by atoms with Crippen LogP contribution in [0.4, 0.5) is 0 Å². The van der Waals surface area contributed by atoms with Crippen LogP contribution in [0.1, 0.15) is 88.5 Å². The zero-order chi connectivity index (χ0) is 32.0. The molecule has 232 valence electrons. The van der Waals surface area contributed by atoms with Gasteiger partial charge in [-0.2, -0.15) is 0 Å². The summed E-state index contributed by atoms with van der Waals surface area (Å²) < 4.78 is 6.22. The monoisotopic (exact) mass is 582 g/mol. The van der Waals surface area contributed by atoms with Gasteiger partial charge >= 0.3 is 0 Å². The molecule has 4 atom stereocenters. The van der Waals surface area contributed by atoms with Crippen molar-refractivity contribution in [2.45, 2.75) is 106 Å². The smallest absolute Gasteiger partial charge is 0.167 e. The predicted molar refractivity (Wildman–Crippen MR) is 183 cm³/mol. The van der Waals surface area contributed by atoms with Gasteiger partial charge in [0.1, 0.15) is 11.7 Å². The second-order valence-electron chi connectivity index (χ2n) is 14.2. The zero-order valence-corrected chi connectivity index (χ0v) is 28.2. The molecule has 0 saturated carbocycles. The molecule has 2 saturated heterocycles. The van der Waals surface area contributed by atoms with Crippen molar-refractivity contribution in [3.63, 3.8) is 0 Å². The maximum Gasteiger partial charge on any atom is 0.167 e. The Kier molecular flexibility index (Phi) is 11.4. The maximum atomic E-state index is 12.5. The molecule has 3 nitrogen and oxygen atoms in total. The van der Waals surface area contributed by atoms with Gasteiger partial charge in [0.25, 0.3) is 0 Å². The number of allylic oxidation sites excluding steroid dienone is 18. The predicted octanol–water partition coefficient (Wildman–Crippen LogP) is 9.82. The highest BCUT2D eigenvalue weighted by Crippen LogP contribution is 2.57. The average molecular weight is 583 g/mol. The molecule has 2 fully saturated rings. The number of fused-ring (bicyclic) bond motifs is 2. The van der Waals surface area contributed by atoms with E-state index in [1.807, 2.05) is 6.92 Å². The molecule has 2 aliphatic heterocycles. The van der Waals surface area contributed by atoms with E-state index in [-0.39, 0.29) is 34.7 Å². The van der Waals surface area contributed by atoms with Gasteiger partial charge in [-0.3, -0.25) is 4.79 Å². The van der Waals surface area contributed by atoms with Gasteiger partial charge in [0.05, 0.1) is 12.0 Å². The van der Waals surface area contributed by atoms with E-state index < -0.39 is 5.60 Å². The van der Waals surface area contributed by atoms with Crippen LogP contribution >= 0.6 is 0 Å². The summed E-state index contributed by atoms with van der Waals surface area (Å²) in [6.45, 7) is 21.4. The molecule has 43 heavy (non-hydrogen) atoms. The van der Waals surface area contributed by atoms with E-state index in [0.717, 1.165) is 30.4 Å². The Morgan fingerprint density at radius 2 is 1.30 bits per heavy atom. The molecule has 3 heteroatoms. The summed E-state index contributed by atoms with van der Waals surface area (Å²) >= 11 is 0. The van der Waals surface area contributed by atoms with Crippen molar-refractivity contribution >= 4 is 5.78 Å². The van der Waals surface area contributed by atoms with E-state index >= 15 is 0 Å². The Bertz CT molecular complexity index is 1360. The lowest BCUT2D eigenvalue weighted by molar-refractivity contribution is -0.125. The zero-order valence-electron chi connectivity index (χ0n) is 28.2. The fourth-order valence-electron chi connectivity index (χ4n) is 6.80. The van der Waals surface area contributed by atoms with Crippen molar-refractivity contribution in [3.05, 3.63) is 119 Å². The number of hydrogen-bond donors (Lipinski definition) is 1. The molecule has 2 heterocycles. The van der Waals surface area contributed by atoms with Crippen molar-refractivity contribution in [2.75, 3.05) is 0 Å². The Morgan fingerprint density at radius 3 is 1.84 bits per heavy atom. The molecule has 1 aliphatic carbocycles. The summed E-state index contributed by atoms with van der Waals surface area (Å²) in [5.41, 5.74) is 6.73. The van der Waals surface area contributed by atoms with Gasteiger partial charge in [-0.1, -0.05) is 148 Å². The molecule has 2 bridgehead atoms. The standard InChI is InChI=1S/C40H54O3/c1-28(17-13-19-30(3)21-22-35-32(5)25-34(41)26-38(35,7)8)15-11-12-16-29(2)18-14-20-31(4)23-24-40-33(6)37(42)36(43-40)27-39(40,9)10/h11-24,33-34,36,41H,25-27H2,1-10H3/b12-11+,17-13+,18-14+,22-21+,24-23+,28-15+,29-16+,30-19+,31-20+. The van der Waals surface area contributed by atoms with Crippen molar-refractivity contribution in [3.8, 4) is 0 Å². The molecular weight excluding hydrogens is 528 g/mol. The summed E-state index contributed by atoms with van der Waals surface area (Å²) in [5.74, 6) is 0.137. The Balaban J connectivity index is 1.51. The quantitative estimate of drug-likeness (QED) is 0.261. The topological polar surface area (TPSA) is 46.5 Å². The van der Waals surface area contributed by atoms with Gasteiger partial charge in [0.2, 0.25) is 0 Å². The summed E-state index contributed by atoms with van der Waals surface area (Å²) in [7, 11) is 0. The molecule has 3 aliphatic rings. The molecule has 0 aromatic heterocycles. The first-order valence-corrected chi connectivity index (χ1v) is 15.8. The van der Waals surface area contributed by atoms with E-state index in [0.29, 0.717) is 0 Å². The van der Waals surface area contributed by atoms with Gasteiger partial charge in [0, 0.05) is 5.41 Å². The molecule has 0 aromatic carbocycles. The molecule has 0 radical (unpaired) electrons. The largest absolute Gasteiger partial charge is 0.393 e. The number of carbonyl (C=O) groups is 1. The first-order chi connectivity index (χ1) is 20.1. The molecule has 0 amide bonds. The van der Waals surface area contributed by atoms with Crippen LogP contribution in [0.5, 0.6) is 0 Å². The molecule has 0 aromatic rings. The first kappa shape index (κ1) is 34.5. The number of aliphatic hydroxyl groups is 1. The van der Waals surface area contributed by atoms with Crippen molar-refractivity contribution in [1.29, 1.82) is 0 Å². The SMILES string of the molecule is CC1=C(/C=C/C(C)=C/C=C/C(C)=C/C=C/C=C(C)/C=C/C=C(C)/C=C/C23OC(CC2(C)C)C(=O)C3C)C(C)(C)CC(O)C1. The molecule has 4 unspecified atom stereocenters. The van der Waals surface area contributed by atoms with Crippen LogP contribution in [0.15, 0.2) is 119 Å². The van der Waals surface area contributed by atoms with E-state index in [1.165, 1.54) is 22.3 Å². The molecule has 0 spiro atoms. The lowest BCUT2D eigenvalue weighted by atomic mass is 9.62. The molecule has 3 rings (SSSR count). The number of ketones is 1. The normalized spacial score (nSPS) is 30.6. The van der Waals surface area contributed by atoms with Gasteiger partial charge in [-0.05, 0) is 64.9 Å². The summed E-state index contributed by atoms with van der Waals surface area (Å²) in [6.07, 6.45) is 31.4. The highest BCUT2D eigenvalue weighted by molar-refractivity contribution is 5.90. The minimum absolute atomic E-state index is 0.000260. The van der Waals surface area contributed by atoms with E-state index in [9.17, 15) is 9.90 Å². The Hall–Kier alpha value is -3.01. The third-order valence-corrected chi connectivity index (χ3v) is 9.33. The number of aliphatic hydroxyl groups excluding tert-OH is 1. The van der Waals surface area contributed by atoms with Crippen LogP contribution in [0.25, 0.3) is 0 Å². The van der Waals surface area contributed by atoms with Gasteiger partial charge in [-0.25, -0.2) is 0 Å². The third-order valence-electron chi connectivity index (χ3n) is 9.33. The van der Waals surface area contributed by atoms with Crippen LogP contribution in [-0.4, -0.2) is 28.7 Å². The van der Waals surface area contributed by atoms with Crippen LogP contribution in [0.2, 0.25) is 0 Å². The highest BCUT2D eigenvalue weighted by Gasteiger charge is 2.65. The summed E-state index contributed by atoms with van der Waals surface area (Å²) in [4.78, 5) is 12.5. The van der Waals surface area contributed by atoms with Gasteiger partial charge in [-0.15, -0.1) is 0 Å². The molecule has 1 N–H and O–H groups in total. The van der Waals surface area contributed by atoms with Crippen LogP contribution < -0.4 is 0 Å². The van der Waals surface area contributed by atoms with E-state index in [2.05, 4.69) is 147 Å². The van der Waals surface area contributed by atoms with Crippen LogP contribution in [0, 0.1) is 16.7 Å². The summed E-state index contributed by atoms with van der Waals surface area (Å²) in [6, 6.07) is 0. The number of ether oxygens (including phenoxy) is 1. The van der Waals surface area contributed by atoms with Crippen molar-refractivity contribution in [2.24, 2.45) is 16.7 Å². The van der Waals surface area contributed by atoms with Gasteiger partial charge < -0.3 is 9.84 Å². The second-order valence-corrected chi connectivity index (χ2v) is 14.2. The maximum absolute atomic E-state index is 12.5. The summed E-state index contributed by atoms with van der Waals surface area (Å²) in [5, 5.41) is 10.1. The fraction of sp³-hybridized carbons (Fsp3) is 0.475. The third kappa shape index (κ3) is 8.55. The van der Waals surface area contributed by atoms with Crippen LogP contribution in [-0.2, 0) is 9.53 Å². The highest BCUT2D eigenvalue weighted by atomic mass is 16.5. The Labute approximate surface area is 261 Å². The van der Waals surface area contributed by atoms with Crippen molar-refractivity contribution in [1.82, 2.24) is 0 Å². The molecular formula is C40H54O3. The van der Waals surface area contributed by atoms with Gasteiger partial charge in [0.15, 0.2) is 5.78 Å². The van der Waals surface area contributed by atoms with Crippen LogP contribution in [0.3, 0.4) is 0 Å². The minimum Gasteiger partial charge on any atom is -0.393 e.